The van der Waals surface area contributed by atoms with Crippen molar-refractivity contribution < 1.29 is 4.79 Å². The average molecular weight is 189 g/mol. The second-order valence-electron chi connectivity index (χ2n) is 3.96. The van der Waals surface area contributed by atoms with E-state index in [2.05, 4.69) is 0 Å². The van der Waals surface area contributed by atoms with Crippen molar-refractivity contribution in [3.8, 4) is 6.07 Å². The lowest BCUT2D eigenvalue weighted by atomic mass is 9.95. The highest BCUT2D eigenvalue weighted by molar-refractivity contribution is 6.17. The topological polar surface area (TPSA) is 47.3 Å². The van der Waals surface area contributed by atoms with Gasteiger partial charge >= 0.3 is 0 Å². The van der Waals surface area contributed by atoms with Crippen LogP contribution in [0.4, 0.5) is 0 Å². The Kier molecular flexibility index (Phi) is 2.32. The van der Waals surface area contributed by atoms with Gasteiger partial charge in [-0.05, 0) is 13.8 Å². The fourth-order valence-electron chi connectivity index (χ4n) is 1.44. The van der Waals surface area contributed by atoms with Gasteiger partial charge in [0.15, 0.2) is 0 Å². The summed E-state index contributed by atoms with van der Waals surface area (Å²) in [5, 5.41) is 8.87. The summed E-state index contributed by atoms with van der Waals surface area (Å²) in [5.74, 6) is 0.244. The SMILES string of the molecule is [B]N1C(N(C)C)=C(C#N)C(=O)C1(C)C. The minimum absolute atomic E-state index is 0.127. The number of nitriles is 1. The number of carbonyl (C=O) groups is 1. The van der Waals surface area contributed by atoms with Gasteiger partial charge in [-0.25, -0.2) is 0 Å². The van der Waals surface area contributed by atoms with Crippen LogP contribution in [0.1, 0.15) is 13.8 Å². The third-order valence-electron chi connectivity index (χ3n) is 2.37. The lowest BCUT2D eigenvalue weighted by Crippen LogP contribution is -2.44. The number of rotatable bonds is 1. The minimum atomic E-state index is -0.829. The maximum atomic E-state index is 11.8. The van der Waals surface area contributed by atoms with E-state index in [-0.39, 0.29) is 11.4 Å². The van der Waals surface area contributed by atoms with Gasteiger partial charge in [0.05, 0.1) is 5.54 Å². The summed E-state index contributed by atoms with van der Waals surface area (Å²) in [4.78, 5) is 14.8. The number of hydrogen-bond acceptors (Lipinski definition) is 4. The summed E-state index contributed by atoms with van der Waals surface area (Å²) in [6.07, 6.45) is 0. The Morgan fingerprint density at radius 1 is 1.50 bits per heavy atom. The molecule has 0 N–H and O–H groups in total. The molecule has 0 bridgehead atoms. The van der Waals surface area contributed by atoms with Crippen molar-refractivity contribution in [1.82, 2.24) is 9.71 Å². The average Bonchev–Trinajstić information content (AvgIpc) is 2.26. The molecule has 1 heterocycles. The summed E-state index contributed by atoms with van der Waals surface area (Å²) >= 11 is 0. The number of ketones is 1. The number of Topliss-reactive ketones (excluding diaryl/α,β-unsaturated/α-hetero) is 1. The van der Waals surface area contributed by atoms with Crippen molar-refractivity contribution in [3.63, 3.8) is 0 Å². The molecule has 0 atom stereocenters. The largest absolute Gasteiger partial charge is 0.400 e. The van der Waals surface area contributed by atoms with Crippen LogP contribution in [-0.4, -0.2) is 43.1 Å². The monoisotopic (exact) mass is 189 g/mol. The number of nitrogens with zero attached hydrogens (tertiary/aromatic N) is 3. The van der Waals surface area contributed by atoms with Gasteiger partial charge in [0.1, 0.15) is 17.5 Å². The summed E-state index contributed by atoms with van der Waals surface area (Å²) in [5.41, 5.74) is -0.701. The normalized spacial score (nSPS) is 19.9. The molecule has 0 saturated heterocycles. The third kappa shape index (κ3) is 1.18. The van der Waals surface area contributed by atoms with Gasteiger partial charge in [-0.15, -0.1) is 0 Å². The lowest BCUT2D eigenvalue weighted by molar-refractivity contribution is -0.120. The van der Waals surface area contributed by atoms with Crippen molar-refractivity contribution >= 4 is 13.8 Å². The zero-order valence-electron chi connectivity index (χ0n) is 8.83. The van der Waals surface area contributed by atoms with Gasteiger partial charge in [0.2, 0.25) is 13.8 Å². The van der Waals surface area contributed by atoms with Crippen LogP contribution in [0.25, 0.3) is 0 Å². The molecule has 14 heavy (non-hydrogen) atoms. The predicted molar refractivity (Wildman–Crippen MR) is 53.0 cm³/mol. The van der Waals surface area contributed by atoms with Crippen LogP contribution in [0.15, 0.2) is 11.4 Å². The Hall–Kier alpha value is -1.44. The number of carbonyl (C=O) groups excluding carboxylic acids is 1. The molecule has 4 nitrogen and oxygen atoms in total. The Bertz CT molecular complexity index is 352. The second kappa shape index (κ2) is 3.05. The van der Waals surface area contributed by atoms with Gasteiger partial charge < -0.3 is 9.71 Å². The fraction of sp³-hybridized carbons (Fsp3) is 0.556. The van der Waals surface area contributed by atoms with Gasteiger partial charge in [0.25, 0.3) is 0 Å². The minimum Gasteiger partial charge on any atom is -0.400 e. The van der Waals surface area contributed by atoms with Crippen LogP contribution in [-0.2, 0) is 4.79 Å². The van der Waals surface area contributed by atoms with E-state index in [4.69, 9.17) is 13.2 Å². The van der Waals surface area contributed by atoms with Gasteiger partial charge in [-0.3, -0.25) is 4.79 Å². The van der Waals surface area contributed by atoms with E-state index in [1.165, 1.54) is 4.81 Å². The number of hydrogen-bond donors (Lipinski definition) is 0. The van der Waals surface area contributed by atoms with E-state index in [0.29, 0.717) is 5.82 Å². The van der Waals surface area contributed by atoms with E-state index < -0.39 is 5.54 Å². The van der Waals surface area contributed by atoms with E-state index in [9.17, 15) is 4.79 Å². The molecule has 2 radical (unpaired) electrons. The highest BCUT2D eigenvalue weighted by atomic mass is 16.1. The Balaban J connectivity index is 3.31. The van der Waals surface area contributed by atoms with Crippen molar-refractivity contribution in [2.75, 3.05) is 14.1 Å². The molecule has 1 aliphatic rings. The molecule has 1 rings (SSSR count). The van der Waals surface area contributed by atoms with Crippen LogP contribution < -0.4 is 0 Å². The first-order valence-corrected chi connectivity index (χ1v) is 4.25. The highest BCUT2D eigenvalue weighted by Crippen LogP contribution is 2.32. The van der Waals surface area contributed by atoms with Crippen molar-refractivity contribution in [2.45, 2.75) is 19.4 Å². The van der Waals surface area contributed by atoms with Gasteiger partial charge in [-0.1, -0.05) is 0 Å². The smallest absolute Gasteiger partial charge is 0.229 e. The second-order valence-corrected chi connectivity index (χ2v) is 3.96. The zero-order valence-corrected chi connectivity index (χ0v) is 8.83. The quantitative estimate of drug-likeness (QED) is 0.546. The molecule has 0 aliphatic carbocycles. The summed E-state index contributed by atoms with van der Waals surface area (Å²) < 4.78 is 0. The first kappa shape index (κ1) is 10.6. The molecule has 0 aromatic carbocycles. The molecule has 0 saturated carbocycles. The van der Waals surface area contributed by atoms with Crippen LogP contribution >= 0.6 is 0 Å². The molecular formula is C9H12BN3O. The van der Waals surface area contributed by atoms with E-state index in [1.54, 1.807) is 32.8 Å². The van der Waals surface area contributed by atoms with E-state index in [0.717, 1.165) is 0 Å². The molecule has 5 heteroatoms. The van der Waals surface area contributed by atoms with E-state index in [1.807, 2.05) is 6.07 Å². The maximum absolute atomic E-state index is 11.8. The van der Waals surface area contributed by atoms with Gasteiger partial charge in [0, 0.05) is 14.1 Å². The zero-order chi connectivity index (χ0) is 11.1. The van der Waals surface area contributed by atoms with Crippen molar-refractivity contribution in [3.05, 3.63) is 11.4 Å². The molecule has 0 amide bonds. The molecule has 72 valence electrons. The first-order valence-electron chi connectivity index (χ1n) is 4.25. The summed E-state index contributed by atoms with van der Waals surface area (Å²) in [7, 11) is 9.28. The van der Waals surface area contributed by atoms with Crippen molar-refractivity contribution in [1.29, 1.82) is 5.26 Å². The molecule has 0 aromatic rings. The highest BCUT2D eigenvalue weighted by Gasteiger charge is 2.44. The van der Waals surface area contributed by atoms with Crippen LogP contribution in [0.2, 0.25) is 0 Å². The van der Waals surface area contributed by atoms with Crippen LogP contribution in [0.5, 0.6) is 0 Å². The van der Waals surface area contributed by atoms with Crippen molar-refractivity contribution in [2.24, 2.45) is 0 Å². The Labute approximate surface area is 85.2 Å². The Morgan fingerprint density at radius 2 is 2.00 bits per heavy atom. The Morgan fingerprint density at radius 3 is 2.29 bits per heavy atom. The molecule has 0 spiro atoms. The molecule has 0 aromatic heterocycles. The third-order valence-corrected chi connectivity index (χ3v) is 2.37. The van der Waals surface area contributed by atoms with Crippen LogP contribution in [0.3, 0.4) is 0 Å². The summed E-state index contributed by atoms with van der Waals surface area (Å²) in [6.45, 7) is 3.40. The molecular weight excluding hydrogens is 177 g/mol. The lowest BCUT2D eigenvalue weighted by Gasteiger charge is -2.33. The first-order chi connectivity index (χ1) is 6.34. The van der Waals surface area contributed by atoms with E-state index >= 15 is 0 Å². The fourth-order valence-corrected chi connectivity index (χ4v) is 1.44. The molecule has 0 fully saturated rings. The summed E-state index contributed by atoms with van der Waals surface area (Å²) in [6, 6.07) is 1.90. The molecule has 1 aliphatic heterocycles. The molecule has 0 unspecified atom stereocenters. The standard InChI is InChI=1S/C9H12BN3O/c1-9(2)7(14)6(5-11)8(12(3)4)13(9)10/h1-4H3. The van der Waals surface area contributed by atoms with Crippen LogP contribution in [0, 0.1) is 11.3 Å². The predicted octanol–water partition coefficient (Wildman–Crippen LogP) is 0.0300. The maximum Gasteiger partial charge on any atom is 0.229 e. The van der Waals surface area contributed by atoms with Gasteiger partial charge in [-0.2, -0.15) is 5.26 Å².